The van der Waals surface area contributed by atoms with Crippen molar-refractivity contribution in [1.29, 1.82) is 0 Å². The van der Waals surface area contributed by atoms with E-state index < -0.39 is 17.9 Å². The van der Waals surface area contributed by atoms with Gasteiger partial charge >= 0.3 is 6.03 Å². The lowest BCUT2D eigenvalue weighted by atomic mass is 9.86. The van der Waals surface area contributed by atoms with Gasteiger partial charge in [-0.2, -0.15) is 0 Å². The van der Waals surface area contributed by atoms with Crippen LogP contribution in [0.2, 0.25) is 0 Å². The van der Waals surface area contributed by atoms with Crippen LogP contribution in [0.4, 0.5) is 4.79 Å². The lowest BCUT2D eigenvalue weighted by Gasteiger charge is -2.38. The molecule has 3 rings (SSSR count). The maximum atomic E-state index is 12.6. The first-order valence-electron chi connectivity index (χ1n) is 7.44. The maximum absolute atomic E-state index is 12.6. The Morgan fingerprint density at radius 1 is 1.00 bits per heavy atom. The van der Waals surface area contributed by atoms with Crippen molar-refractivity contribution in [3.8, 4) is 0 Å². The number of carbonyl (C=O) groups is 3. The van der Waals surface area contributed by atoms with Crippen molar-refractivity contribution >= 4 is 17.8 Å². The minimum atomic E-state index is -0.668. The summed E-state index contributed by atoms with van der Waals surface area (Å²) in [6.45, 7) is 1.12. The molecule has 0 aromatic carbocycles. The highest BCUT2D eigenvalue weighted by atomic mass is 16.5. The third-order valence-corrected chi connectivity index (χ3v) is 4.66. The summed E-state index contributed by atoms with van der Waals surface area (Å²) >= 11 is 0. The molecule has 0 aromatic heterocycles. The van der Waals surface area contributed by atoms with Crippen LogP contribution in [0.25, 0.3) is 0 Å². The smallest absolute Gasteiger partial charge is 0.331 e. The molecule has 1 saturated carbocycles. The van der Waals surface area contributed by atoms with E-state index in [-0.39, 0.29) is 17.9 Å². The van der Waals surface area contributed by atoms with Gasteiger partial charge in [0.05, 0.1) is 0 Å². The molecule has 0 spiro atoms. The van der Waals surface area contributed by atoms with E-state index in [1.807, 2.05) is 0 Å². The molecule has 2 aliphatic heterocycles. The summed E-state index contributed by atoms with van der Waals surface area (Å²) in [6, 6.07) is -0.686. The SMILES string of the molecule is O=C1NC(=O)N(C2CCOCC2)C(=O)C1C1CCCC1. The first-order valence-corrected chi connectivity index (χ1v) is 7.44. The van der Waals surface area contributed by atoms with Gasteiger partial charge in [0.25, 0.3) is 0 Å². The van der Waals surface area contributed by atoms with Crippen LogP contribution in [0.3, 0.4) is 0 Å². The highest BCUT2D eigenvalue weighted by Crippen LogP contribution is 2.35. The molecule has 6 heteroatoms. The lowest BCUT2D eigenvalue weighted by molar-refractivity contribution is -0.147. The molecule has 0 aromatic rings. The number of barbiturate groups is 1. The predicted molar refractivity (Wildman–Crippen MR) is 69.7 cm³/mol. The Kier molecular flexibility index (Phi) is 3.74. The van der Waals surface area contributed by atoms with E-state index >= 15 is 0 Å². The molecule has 3 aliphatic rings. The van der Waals surface area contributed by atoms with Gasteiger partial charge in [-0.15, -0.1) is 0 Å². The van der Waals surface area contributed by atoms with Crippen molar-refractivity contribution in [2.24, 2.45) is 11.8 Å². The molecule has 2 saturated heterocycles. The zero-order valence-electron chi connectivity index (χ0n) is 11.5. The van der Waals surface area contributed by atoms with Crippen LogP contribution in [-0.2, 0) is 14.3 Å². The second-order valence-corrected chi connectivity index (χ2v) is 5.87. The zero-order chi connectivity index (χ0) is 14.1. The number of rotatable bonds is 2. The van der Waals surface area contributed by atoms with Crippen LogP contribution in [0, 0.1) is 11.8 Å². The second kappa shape index (κ2) is 5.52. The number of ether oxygens (including phenoxy) is 1. The van der Waals surface area contributed by atoms with Crippen molar-refractivity contribution in [3.63, 3.8) is 0 Å². The number of hydrogen-bond acceptors (Lipinski definition) is 4. The molecule has 4 amide bonds. The molecule has 6 nitrogen and oxygen atoms in total. The van der Waals surface area contributed by atoms with Gasteiger partial charge in [0.2, 0.25) is 11.8 Å². The van der Waals surface area contributed by atoms with Gasteiger partial charge in [-0.25, -0.2) is 4.79 Å². The summed E-state index contributed by atoms with van der Waals surface area (Å²) in [6.07, 6.45) is 5.24. The molecule has 0 radical (unpaired) electrons. The van der Waals surface area contributed by atoms with E-state index in [1.165, 1.54) is 4.90 Å². The van der Waals surface area contributed by atoms with Gasteiger partial charge in [0.1, 0.15) is 5.92 Å². The fourth-order valence-corrected chi connectivity index (χ4v) is 3.60. The largest absolute Gasteiger partial charge is 0.381 e. The Bertz CT molecular complexity index is 425. The predicted octanol–water partition coefficient (Wildman–Crippen LogP) is 1.05. The van der Waals surface area contributed by atoms with Gasteiger partial charge in [0.15, 0.2) is 0 Å². The van der Waals surface area contributed by atoms with Gasteiger partial charge in [-0.3, -0.25) is 19.8 Å². The fourth-order valence-electron chi connectivity index (χ4n) is 3.60. The second-order valence-electron chi connectivity index (χ2n) is 5.87. The molecule has 1 N–H and O–H groups in total. The molecular weight excluding hydrogens is 260 g/mol. The zero-order valence-corrected chi connectivity index (χ0v) is 11.5. The summed E-state index contributed by atoms with van der Waals surface area (Å²) in [7, 11) is 0. The number of imide groups is 2. The summed E-state index contributed by atoms with van der Waals surface area (Å²) < 4.78 is 5.27. The summed E-state index contributed by atoms with van der Waals surface area (Å²) in [4.78, 5) is 38.0. The van der Waals surface area contributed by atoms with Crippen LogP contribution in [0.1, 0.15) is 38.5 Å². The van der Waals surface area contributed by atoms with Crippen molar-refractivity contribution < 1.29 is 19.1 Å². The van der Waals surface area contributed by atoms with Crippen molar-refractivity contribution in [2.75, 3.05) is 13.2 Å². The van der Waals surface area contributed by atoms with Gasteiger partial charge in [-0.1, -0.05) is 12.8 Å². The number of nitrogens with one attached hydrogen (secondary N) is 1. The number of nitrogens with zero attached hydrogens (tertiary/aromatic N) is 1. The Morgan fingerprint density at radius 3 is 2.30 bits per heavy atom. The van der Waals surface area contributed by atoms with Crippen molar-refractivity contribution in [3.05, 3.63) is 0 Å². The Balaban J connectivity index is 1.80. The van der Waals surface area contributed by atoms with Crippen molar-refractivity contribution in [2.45, 2.75) is 44.6 Å². The molecule has 1 aliphatic carbocycles. The van der Waals surface area contributed by atoms with Gasteiger partial charge in [-0.05, 0) is 31.6 Å². The number of urea groups is 1. The third-order valence-electron chi connectivity index (χ3n) is 4.66. The molecule has 20 heavy (non-hydrogen) atoms. The molecule has 1 atom stereocenters. The fraction of sp³-hybridized carbons (Fsp3) is 0.786. The Morgan fingerprint density at radius 2 is 1.65 bits per heavy atom. The highest BCUT2D eigenvalue weighted by molar-refractivity contribution is 6.16. The maximum Gasteiger partial charge on any atom is 0.331 e. The van der Waals surface area contributed by atoms with Crippen LogP contribution in [-0.4, -0.2) is 42.0 Å². The number of hydrogen-bond donors (Lipinski definition) is 1. The van der Waals surface area contributed by atoms with Crippen molar-refractivity contribution in [1.82, 2.24) is 10.2 Å². The molecule has 110 valence electrons. The van der Waals surface area contributed by atoms with E-state index in [2.05, 4.69) is 5.32 Å². The summed E-state index contributed by atoms with van der Waals surface area (Å²) in [5, 5.41) is 2.37. The topological polar surface area (TPSA) is 75.7 Å². The molecular formula is C14H20N2O4. The van der Waals surface area contributed by atoms with Gasteiger partial charge < -0.3 is 4.74 Å². The first kappa shape index (κ1) is 13.5. The normalized spacial score (nSPS) is 29.9. The highest BCUT2D eigenvalue weighted by Gasteiger charge is 2.47. The third kappa shape index (κ3) is 2.32. The van der Waals surface area contributed by atoms with E-state index in [4.69, 9.17) is 4.74 Å². The Hall–Kier alpha value is -1.43. The molecule has 0 bridgehead atoms. The average Bonchev–Trinajstić information content (AvgIpc) is 2.93. The monoisotopic (exact) mass is 280 g/mol. The molecule has 2 heterocycles. The number of carbonyl (C=O) groups excluding carboxylic acids is 3. The van der Waals surface area contributed by atoms with Crippen LogP contribution in [0.15, 0.2) is 0 Å². The lowest BCUT2D eigenvalue weighted by Crippen LogP contribution is -2.62. The van der Waals surface area contributed by atoms with E-state index in [0.29, 0.717) is 26.1 Å². The Labute approximate surface area is 117 Å². The van der Waals surface area contributed by atoms with E-state index in [0.717, 1.165) is 25.7 Å². The number of amides is 4. The van der Waals surface area contributed by atoms with E-state index in [1.54, 1.807) is 0 Å². The first-order chi connectivity index (χ1) is 9.68. The van der Waals surface area contributed by atoms with Crippen LogP contribution >= 0.6 is 0 Å². The quantitative estimate of drug-likeness (QED) is 0.767. The molecule has 1 unspecified atom stereocenters. The minimum absolute atomic E-state index is 0.0953. The van der Waals surface area contributed by atoms with E-state index in [9.17, 15) is 14.4 Å². The van der Waals surface area contributed by atoms with Crippen LogP contribution in [0.5, 0.6) is 0 Å². The minimum Gasteiger partial charge on any atom is -0.381 e. The van der Waals surface area contributed by atoms with Crippen LogP contribution < -0.4 is 5.32 Å². The molecule has 3 fully saturated rings. The summed E-state index contributed by atoms with van der Waals surface area (Å²) in [5.41, 5.74) is 0. The summed E-state index contributed by atoms with van der Waals surface area (Å²) in [5.74, 6) is -1.27. The average molecular weight is 280 g/mol. The van der Waals surface area contributed by atoms with Gasteiger partial charge in [0, 0.05) is 19.3 Å². The standard InChI is InChI=1S/C14H20N2O4/c17-12-11(9-3-1-2-4-9)13(18)16(14(19)15-12)10-5-7-20-8-6-10/h9-11H,1-8H2,(H,15,17,19).